The number of rotatable bonds is 8. The summed E-state index contributed by atoms with van der Waals surface area (Å²) in [6.07, 6.45) is 1.87. The third kappa shape index (κ3) is 4.06. The summed E-state index contributed by atoms with van der Waals surface area (Å²) >= 11 is 1.33. The molecule has 3 aromatic rings. The number of thioether (sulfide) groups is 1. The average Bonchev–Trinajstić information content (AvgIpc) is 3.10. The summed E-state index contributed by atoms with van der Waals surface area (Å²) in [5, 5.41) is 12.8. The van der Waals surface area contributed by atoms with Crippen molar-refractivity contribution in [1.29, 1.82) is 0 Å². The Bertz CT molecular complexity index is 1040. The van der Waals surface area contributed by atoms with Crippen molar-refractivity contribution in [3.05, 3.63) is 34.6 Å². The Hall–Kier alpha value is -2.35. The van der Waals surface area contributed by atoms with Crippen molar-refractivity contribution in [2.75, 3.05) is 5.75 Å². The van der Waals surface area contributed by atoms with Gasteiger partial charge in [0.25, 0.3) is 5.56 Å². The Kier molecular flexibility index (Phi) is 6.39. The van der Waals surface area contributed by atoms with Crippen molar-refractivity contribution in [1.82, 2.24) is 24.5 Å². The van der Waals surface area contributed by atoms with E-state index < -0.39 is 0 Å². The van der Waals surface area contributed by atoms with Crippen molar-refractivity contribution in [2.45, 2.75) is 58.3 Å². The predicted molar refractivity (Wildman–Crippen MR) is 113 cm³/mol. The van der Waals surface area contributed by atoms with E-state index in [0.717, 1.165) is 18.4 Å². The van der Waals surface area contributed by atoms with E-state index in [1.807, 2.05) is 35.6 Å². The number of carbonyl (C=O) groups excluding carboxylic acids is 1. The van der Waals surface area contributed by atoms with Gasteiger partial charge in [0.15, 0.2) is 5.16 Å². The normalized spacial score (nSPS) is 12.8. The van der Waals surface area contributed by atoms with Crippen molar-refractivity contribution in [3.8, 4) is 0 Å². The first-order valence-electron chi connectivity index (χ1n) is 9.72. The van der Waals surface area contributed by atoms with E-state index in [1.165, 1.54) is 11.8 Å². The third-order valence-electron chi connectivity index (χ3n) is 4.93. The molecule has 0 saturated heterocycles. The monoisotopic (exact) mass is 401 g/mol. The second-order valence-electron chi connectivity index (χ2n) is 7.33. The summed E-state index contributed by atoms with van der Waals surface area (Å²) < 4.78 is 3.57. The van der Waals surface area contributed by atoms with E-state index in [2.05, 4.69) is 36.3 Å². The van der Waals surface area contributed by atoms with Crippen LogP contribution in [0.4, 0.5) is 0 Å². The zero-order valence-corrected chi connectivity index (χ0v) is 17.6. The number of carbonyl (C=O) groups is 1. The summed E-state index contributed by atoms with van der Waals surface area (Å²) in [6.45, 7) is 8.83. The van der Waals surface area contributed by atoms with Crippen LogP contribution < -0.4 is 10.9 Å². The summed E-state index contributed by atoms with van der Waals surface area (Å²) in [7, 11) is 0. The summed E-state index contributed by atoms with van der Waals surface area (Å²) in [4.78, 5) is 25.2. The first kappa shape index (κ1) is 20.4. The first-order chi connectivity index (χ1) is 13.4. The molecule has 8 heteroatoms. The van der Waals surface area contributed by atoms with E-state index in [4.69, 9.17) is 0 Å². The molecule has 1 unspecified atom stereocenters. The molecule has 7 nitrogen and oxygen atoms in total. The fourth-order valence-corrected chi connectivity index (χ4v) is 3.69. The molecular weight excluding hydrogens is 374 g/mol. The van der Waals surface area contributed by atoms with E-state index >= 15 is 0 Å². The lowest BCUT2D eigenvalue weighted by Gasteiger charge is -2.17. The van der Waals surface area contributed by atoms with Gasteiger partial charge in [0.2, 0.25) is 11.7 Å². The zero-order chi connectivity index (χ0) is 20.3. The number of para-hydroxylation sites is 1. The molecule has 150 valence electrons. The smallest absolute Gasteiger partial charge is 0.262 e. The standard InChI is InChI=1S/C20H27N5O2S/c1-5-6-11-24-18(27)15-9-7-8-10-16(15)25-19(24)22-23-20(25)28-12-17(26)21-14(4)13(2)3/h7-10,13-14H,5-6,11-12H2,1-4H3,(H,21,26). The lowest BCUT2D eigenvalue weighted by atomic mass is 10.1. The molecule has 1 aromatic carbocycles. The lowest BCUT2D eigenvalue weighted by Crippen LogP contribution is -2.37. The molecule has 3 rings (SSSR count). The Morgan fingerprint density at radius 1 is 1.21 bits per heavy atom. The van der Waals surface area contributed by atoms with Crippen LogP contribution in [0.3, 0.4) is 0 Å². The molecular formula is C20H27N5O2S. The maximum absolute atomic E-state index is 12.9. The van der Waals surface area contributed by atoms with Crippen LogP contribution in [0.5, 0.6) is 0 Å². The van der Waals surface area contributed by atoms with E-state index in [-0.39, 0.29) is 23.3 Å². The number of nitrogens with one attached hydrogen (secondary N) is 1. The van der Waals surface area contributed by atoms with Gasteiger partial charge in [-0.25, -0.2) is 0 Å². The number of fused-ring (bicyclic) bond motifs is 3. The molecule has 1 atom stereocenters. The zero-order valence-electron chi connectivity index (χ0n) is 16.8. The molecule has 0 aliphatic rings. The van der Waals surface area contributed by atoms with Crippen LogP contribution in [0.1, 0.15) is 40.5 Å². The van der Waals surface area contributed by atoms with E-state index in [9.17, 15) is 9.59 Å². The van der Waals surface area contributed by atoms with E-state index in [0.29, 0.717) is 28.8 Å². The molecule has 0 saturated carbocycles. The van der Waals surface area contributed by atoms with Crippen LogP contribution in [0.2, 0.25) is 0 Å². The number of hydrogen-bond acceptors (Lipinski definition) is 5. The quantitative estimate of drug-likeness (QED) is 0.587. The van der Waals surface area contributed by atoms with Crippen LogP contribution in [-0.4, -0.2) is 36.9 Å². The average molecular weight is 402 g/mol. The van der Waals surface area contributed by atoms with Gasteiger partial charge in [-0.1, -0.05) is 51.1 Å². The summed E-state index contributed by atoms with van der Waals surface area (Å²) in [5.74, 6) is 1.11. The van der Waals surface area contributed by atoms with Crippen molar-refractivity contribution in [3.63, 3.8) is 0 Å². The van der Waals surface area contributed by atoms with Crippen LogP contribution in [-0.2, 0) is 11.3 Å². The van der Waals surface area contributed by atoms with E-state index in [1.54, 1.807) is 4.57 Å². The second kappa shape index (κ2) is 8.77. The van der Waals surface area contributed by atoms with Gasteiger partial charge in [0, 0.05) is 12.6 Å². The van der Waals surface area contributed by atoms with Gasteiger partial charge in [-0.2, -0.15) is 0 Å². The number of aromatic nitrogens is 4. The maximum Gasteiger partial charge on any atom is 0.262 e. The molecule has 2 heterocycles. The Morgan fingerprint density at radius 2 is 1.96 bits per heavy atom. The molecule has 0 radical (unpaired) electrons. The van der Waals surface area contributed by atoms with Gasteiger partial charge in [0.05, 0.1) is 16.7 Å². The van der Waals surface area contributed by atoms with Crippen molar-refractivity contribution >= 4 is 34.3 Å². The lowest BCUT2D eigenvalue weighted by molar-refractivity contribution is -0.119. The maximum atomic E-state index is 12.9. The second-order valence-corrected chi connectivity index (χ2v) is 8.28. The number of benzene rings is 1. The van der Waals surface area contributed by atoms with Gasteiger partial charge in [-0.05, 0) is 31.4 Å². The van der Waals surface area contributed by atoms with Crippen LogP contribution in [0.15, 0.2) is 34.2 Å². The third-order valence-corrected chi connectivity index (χ3v) is 5.86. The molecule has 1 amide bonds. The highest BCUT2D eigenvalue weighted by molar-refractivity contribution is 7.99. The summed E-state index contributed by atoms with van der Waals surface area (Å²) in [6, 6.07) is 7.58. The number of nitrogens with zero attached hydrogens (tertiary/aromatic N) is 4. The minimum absolute atomic E-state index is 0.0356. The highest BCUT2D eigenvalue weighted by Gasteiger charge is 2.18. The molecule has 2 aromatic heterocycles. The summed E-state index contributed by atoms with van der Waals surface area (Å²) in [5.41, 5.74) is 0.711. The van der Waals surface area contributed by atoms with Crippen molar-refractivity contribution in [2.24, 2.45) is 5.92 Å². The fourth-order valence-electron chi connectivity index (χ4n) is 2.94. The number of aryl methyl sites for hydroxylation is 1. The number of hydrogen-bond donors (Lipinski definition) is 1. The minimum Gasteiger partial charge on any atom is -0.353 e. The molecule has 1 N–H and O–H groups in total. The van der Waals surface area contributed by atoms with Crippen LogP contribution in [0.25, 0.3) is 16.7 Å². The first-order valence-corrected chi connectivity index (χ1v) is 10.7. The van der Waals surface area contributed by atoms with Crippen LogP contribution >= 0.6 is 11.8 Å². The number of amides is 1. The molecule has 0 bridgehead atoms. The Balaban J connectivity index is 1.97. The Morgan fingerprint density at radius 3 is 2.68 bits per heavy atom. The van der Waals surface area contributed by atoms with Gasteiger partial charge in [0.1, 0.15) is 0 Å². The predicted octanol–water partition coefficient (Wildman–Crippen LogP) is 3.10. The largest absolute Gasteiger partial charge is 0.353 e. The topological polar surface area (TPSA) is 81.3 Å². The highest BCUT2D eigenvalue weighted by Crippen LogP contribution is 2.21. The SMILES string of the molecule is CCCCn1c(=O)c2ccccc2n2c(SCC(=O)NC(C)C(C)C)nnc12. The molecule has 28 heavy (non-hydrogen) atoms. The Labute approximate surface area is 168 Å². The fraction of sp³-hybridized carbons (Fsp3) is 0.500. The minimum atomic E-state index is -0.0519. The molecule has 0 spiro atoms. The van der Waals surface area contributed by atoms with Crippen LogP contribution in [0, 0.1) is 5.92 Å². The van der Waals surface area contributed by atoms with Gasteiger partial charge in [-0.3, -0.25) is 18.6 Å². The molecule has 0 aliphatic heterocycles. The van der Waals surface area contributed by atoms with Gasteiger partial charge in [-0.15, -0.1) is 10.2 Å². The molecule has 0 fully saturated rings. The van der Waals surface area contributed by atoms with Crippen molar-refractivity contribution < 1.29 is 4.79 Å². The molecule has 0 aliphatic carbocycles. The number of unbranched alkanes of at least 4 members (excludes halogenated alkanes) is 1. The highest BCUT2D eigenvalue weighted by atomic mass is 32.2. The van der Waals surface area contributed by atoms with Gasteiger partial charge >= 0.3 is 0 Å². The van der Waals surface area contributed by atoms with Gasteiger partial charge < -0.3 is 5.32 Å².